The number of ether oxygens (including phenoxy) is 1. The highest BCUT2D eigenvalue weighted by Gasteiger charge is 2.24. The zero-order valence-corrected chi connectivity index (χ0v) is 12.8. The predicted octanol–water partition coefficient (Wildman–Crippen LogP) is 2.52. The Bertz CT molecular complexity index is 411. The summed E-state index contributed by atoms with van der Waals surface area (Å²) in [5.74, 6) is 1.25. The molecule has 2 rings (SSSR count). The minimum absolute atomic E-state index is 0.550. The van der Waals surface area contributed by atoms with E-state index in [2.05, 4.69) is 44.9 Å². The first kappa shape index (κ1) is 13.7. The Labute approximate surface area is 117 Å². The van der Waals surface area contributed by atoms with Gasteiger partial charge in [0.15, 0.2) is 0 Å². The van der Waals surface area contributed by atoms with Gasteiger partial charge in [-0.2, -0.15) is 5.10 Å². The van der Waals surface area contributed by atoms with Crippen LogP contribution in [0.2, 0.25) is 0 Å². The molecule has 1 unspecified atom stereocenters. The van der Waals surface area contributed by atoms with Crippen molar-refractivity contribution in [3.63, 3.8) is 0 Å². The van der Waals surface area contributed by atoms with Crippen LogP contribution in [-0.2, 0) is 6.42 Å². The van der Waals surface area contributed by atoms with Gasteiger partial charge in [0.05, 0.1) is 17.3 Å². The lowest BCUT2D eigenvalue weighted by Crippen LogP contribution is -2.28. The Balaban J connectivity index is 1.96. The first-order valence-corrected chi connectivity index (χ1v) is 7.19. The Hall–Kier alpha value is -0.680. The molecule has 100 valence electrons. The molecule has 0 aliphatic carbocycles. The van der Waals surface area contributed by atoms with Crippen molar-refractivity contribution >= 4 is 15.9 Å². The van der Waals surface area contributed by atoms with Crippen LogP contribution >= 0.6 is 15.9 Å². The molecule has 0 saturated carbocycles. The van der Waals surface area contributed by atoms with Gasteiger partial charge in [0, 0.05) is 12.6 Å². The summed E-state index contributed by atoms with van der Waals surface area (Å²) in [6.45, 7) is 6.88. The molecule has 2 heterocycles. The van der Waals surface area contributed by atoms with Crippen molar-refractivity contribution < 1.29 is 4.74 Å². The van der Waals surface area contributed by atoms with Gasteiger partial charge in [0.25, 0.3) is 0 Å². The summed E-state index contributed by atoms with van der Waals surface area (Å²) >= 11 is 3.45. The van der Waals surface area contributed by atoms with Gasteiger partial charge in [0.1, 0.15) is 0 Å². The summed E-state index contributed by atoms with van der Waals surface area (Å²) in [5, 5.41) is 8.28. The van der Waals surface area contributed by atoms with Gasteiger partial charge >= 0.3 is 0 Å². The second kappa shape index (κ2) is 5.97. The lowest BCUT2D eigenvalue weighted by molar-refractivity contribution is 0.264. The average Bonchev–Trinajstić information content (AvgIpc) is 2.78. The number of halogens is 1. The molecular formula is C13H20BrN3O. The first-order chi connectivity index (χ1) is 8.60. The van der Waals surface area contributed by atoms with E-state index in [0.717, 1.165) is 16.6 Å². The van der Waals surface area contributed by atoms with Gasteiger partial charge in [-0.1, -0.05) is 0 Å². The summed E-state index contributed by atoms with van der Waals surface area (Å²) in [7, 11) is 1.60. The molecule has 1 aliphatic rings. The third-order valence-corrected chi connectivity index (χ3v) is 4.07. The Morgan fingerprint density at radius 2 is 2.28 bits per heavy atom. The van der Waals surface area contributed by atoms with Crippen molar-refractivity contribution in [2.75, 3.05) is 20.2 Å². The first-order valence-electron chi connectivity index (χ1n) is 6.40. The normalized spacial score (nSPS) is 20.6. The molecule has 4 nitrogen and oxygen atoms in total. The fourth-order valence-electron chi connectivity index (χ4n) is 2.43. The van der Waals surface area contributed by atoms with Crippen LogP contribution in [0.5, 0.6) is 5.88 Å². The third-order valence-electron chi connectivity index (χ3n) is 3.51. The topological polar surface area (TPSA) is 38.3 Å². The molecule has 1 aromatic rings. The largest absolute Gasteiger partial charge is 0.479 e. The zero-order chi connectivity index (χ0) is 13.1. The lowest BCUT2D eigenvalue weighted by atomic mass is 10.0. The second-order valence-corrected chi connectivity index (χ2v) is 5.99. The lowest BCUT2D eigenvalue weighted by Gasteiger charge is -2.20. The maximum atomic E-state index is 5.09. The Morgan fingerprint density at radius 3 is 2.83 bits per heavy atom. The molecule has 0 spiro atoms. The number of likely N-dealkylation sites (tertiary alicyclic amines) is 1. The Morgan fingerprint density at radius 1 is 1.50 bits per heavy atom. The highest BCUT2D eigenvalue weighted by Crippen LogP contribution is 2.25. The molecule has 0 radical (unpaired) electrons. The van der Waals surface area contributed by atoms with Crippen LogP contribution in [0.4, 0.5) is 0 Å². The van der Waals surface area contributed by atoms with Gasteiger partial charge in [-0.05, 0) is 61.1 Å². The SMILES string of the molecule is COc1nnc(CC2CCN(C(C)C)C2)cc1Br. The maximum Gasteiger partial charge on any atom is 0.247 e. The van der Waals surface area contributed by atoms with E-state index >= 15 is 0 Å². The molecule has 1 saturated heterocycles. The summed E-state index contributed by atoms with van der Waals surface area (Å²) < 4.78 is 5.97. The van der Waals surface area contributed by atoms with Gasteiger partial charge in [0.2, 0.25) is 5.88 Å². The number of methoxy groups -OCH3 is 1. The Kier molecular flexibility index (Phi) is 4.56. The molecule has 1 fully saturated rings. The molecule has 0 bridgehead atoms. The van der Waals surface area contributed by atoms with Crippen LogP contribution in [0.3, 0.4) is 0 Å². The molecule has 1 atom stereocenters. The molecule has 0 amide bonds. The number of hydrogen-bond acceptors (Lipinski definition) is 4. The highest BCUT2D eigenvalue weighted by atomic mass is 79.9. The number of hydrogen-bond donors (Lipinski definition) is 0. The van der Waals surface area contributed by atoms with Crippen molar-refractivity contribution in [2.24, 2.45) is 5.92 Å². The van der Waals surface area contributed by atoms with Gasteiger partial charge in [-0.15, -0.1) is 5.10 Å². The molecular weight excluding hydrogens is 294 g/mol. The monoisotopic (exact) mass is 313 g/mol. The van der Waals surface area contributed by atoms with E-state index in [-0.39, 0.29) is 0 Å². The summed E-state index contributed by atoms with van der Waals surface area (Å²) in [4.78, 5) is 2.52. The standard InChI is InChI=1S/C13H20BrN3O/c1-9(2)17-5-4-10(8-17)6-11-7-12(14)13(18-3)16-15-11/h7,9-10H,4-6,8H2,1-3H3. The number of nitrogens with zero attached hydrogens (tertiary/aromatic N) is 3. The van der Waals surface area contributed by atoms with Crippen LogP contribution < -0.4 is 4.74 Å². The van der Waals surface area contributed by atoms with Crippen molar-refractivity contribution in [2.45, 2.75) is 32.7 Å². The van der Waals surface area contributed by atoms with Crippen molar-refractivity contribution in [1.29, 1.82) is 0 Å². The minimum Gasteiger partial charge on any atom is -0.479 e. The van der Waals surface area contributed by atoms with Gasteiger partial charge in [-0.25, -0.2) is 0 Å². The van der Waals surface area contributed by atoms with Crippen LogP contribution in [-0.4, -0.2) is 41.3 Å². The highest BCUT2D eigenvalue weighted by molar-refractivity contribution is 9.10. The average molecular weight is 314 g/mol. The van der Waals surface area contributed by atoms with E-state index in [1.54, 1.807) is 7.11 Å². The van der Waals surface area contributed by atoms with E-state index in [4.69, 9.17) is 4.74 Å². The molecule has 1 aliphatic heterocycles. The van der Waals surface area contributed by atoms with E-state index in [1.165, 1.54) is 19.5 Å². The van der Waals surface area contributed by atoms with Crippen LogP contribution in [0.15, 0.2) is 10.5 Å². The van der Waals surface area contributed by atoms with Gasteiger partial charge < -0.3 is 9.64 Å². The fraction of sp³-hybridized carbons (Fsp3) is 0.692. The van der Waals surface area contributed by atoms with E-state index in [0.29, 0.717) is 17.8 Å². The molecule has 0 aromatic carbocycles. The van der Waals surface area contributed by atoms with Crippen LogP contribution in [0, 0.1) is 5.92 Å². The van der Waals surface area contributed by atoms with E-state index in [1.807, 2.05) is 6.07 Å². The van der Waals surface area contributed by atoms with Crippen molar-refractivity contribution in [1.82, 2.24) is 15.1 Å². The smallest absolute Gasteiger partial charge is 0.247 e. The molecule has 1 aromatic heterocycles. The summed E-state index contributed by atoms with van der Waals surface area (Å²) in [5.41, 5.74) is 1.04. The van der Waals surface area contributed by atoms with Gasteiger partial charge in [-0.3, -0.25) is 0 Å². The zero-order valence-electron chi connectivity index (χ0n) is 11.2. The number of aromatic nitrogens is 2. The van der Waals surface area contributed by atoms with Crippen molar-refractivity contribution in [3.05, 3.63) is 16.2 Å². The predicted molar refractivity (Wildman–Crippen MR) is 74.8 cm³/mol. The summed E-state index contributed by atoms with van der Waals surface area (Å²) in [6, 6.07) is 2.66. The number of rotatable bonds is 4. The quantitative estimate of drug-likeness (QED) is 0.856. The third kappa shape index (κ3) is 3.20. The van der Waals surface area contributed by atoms with Crippen LogP contribution in [0.1, 0.15) is 26.0 Å². The maximum absolute atomic E-state index is 5.09. The van der Waals surface area contributed by atoms with E-state index in [9.17, 15) is 0 Å². The summed E-state index contributed by atoms with van der Waals surface area (Å²) in [6.07, 6.45) is 2.25. The fourth-order valence-corrected chi connectivity index (χ4v) is 2.93. The van der Waals surface area contributed by atoms with Crippen LogP contribution in [0.25, 0.3) is 0 Å². The molecule has 5 heteroatoms. The molecule has 0 N–H and O–H groups in total. The minimum atomic E-state index is 0.550. The second-order valence-electron chi connectivity index (χ2n) is 5.14. The van der Waals surface area contributed by atoms with E-state index < -0.39 is 0 Å². The molecule has 18 heavy (non-hydrogen) atoms. The van der Waals surface area contributed by atoms with Crippen molar-refractivity contribution in [3.8, 4) is 5.88 Å².